The average molecular weight is 264 g/mol. The largest absolute Gasteiger partial charge is 0.452 e. The minimum absolute atomic E-state index is 0.0386. The third-order valence-corrected chi connectivity index (χ3v) is 3.51. The number of Topliss-reactive ketones (excluding diaryl/α,β-unsaturated/α-hetero) is 1. The summed E-state index contributed by atoms with van der Waals surface area (Å²) in [7, 11) is 0. The summed E-state index contributed by atoms with van der Waals surface area (Å²) >= 11 is 0. The average Bonchev–Trinajstić information content (AvgIpc) is 2.76. The Kier molecular flexibility index (Phi) is 3.15. The Bertz CT molecular complexity index is 694. The standard InChI is InChI=1S/C18H16O2/c1-3-13-5-7-14(8-6-13)11-17-18(19)15-10-12(2)4-9-16(15)20-17/h4-11H,3H2,1-2H3/b17-11-. The van der Waals surface area contributed by atoms with Crippen molar-refractivity contribution in [3.05, 3.63) is 70.5 Å². The molecule has 0 unspecified atom stereocenters. The molecule has 0 amide bonds. The number of carbonyl (C=O) groups is 1. The van der Waals surface area contributed by atoms with Gasteiger partial charge in [-0.15, -0.1) is 0 Å². The molecule has 20 heavy (non-hydrogen) atoms. The monoisotopic (exact) mass is 264 g/mol. The molecule has 0 aliphatic carbocycles. The molecule has 0 atom stereocenters. The number of rotatable bonds is 2. The van der Waals surface area contributed by atoms with Crippen molar-refractivity contribution >= 4 is 11.9 Å². The van der Waals surface area contributed by atoms with Crippen molar-refractivity contribution in [3.8, 4) is 5.75 Å². The molecule has 2 nitrogen and oxygen atoms in total. The highest BCUT2D eigenvalue weighted by Crippen LogP contribution is 2.32. The lowest BCUT2D eigenvalue weighted by molar-refractivity contribution is 0.101. The maximum absolute atomic E-state index is 12.3. The summed E-state index contributed by atoms with van der Waals surface area (Å²) in [6.07, 6.45) is 2.81. The van der Waals surface area contributed by atoms with Crippen molar-refractivity contribution in [2.75, 3.05) is 0 Å². The summed E-state index contributed by atoms with van der Waals surface area (Å²) in [5.74, 6) is 1.01. The Hall–Kier alpha value is -2.35. The molecule has 3 rings (SSSR count). The zero-order valence-corrected chi connectivity index (χ0v) is 11.6. The first kappa shape index (κ1) is 12.7. The third-order valence-electron chi connectivity index (χ3n) is 3.51. The summed E-state index contributed by atoms with van der Waals surface area (Å²) in [5.41, 5.74) is 3.98. The van der Waals surface area contributed by atoms with Crippen LogP contribution in [0.2, 0.25) is 0 Å². The van der Waals surface area contributed by atoms with Gasteiger partial charge in [0.1, 0.15) is 5.75 Å². The van der Waals surface area contributed by atoms with Gasteiger partial charge < -0.3 is 4.74 Å². The summed E-state index contributed by atoms with van der Waals surface area (Å²) in [5, 5.41) is 0. The van der Waals surface area contributed by atoms with Gasteiger partial charge in [-0.1, -0.05) is 42.8 Å². The van der Waals surface area contributed by atoms with Crippen LogP contribution in [0, 0.1) is 6.92 Å². The Morgan fingerprint density at radius 2 is 1.85 bits per heavy atom. The van der Waals surface area contributed by atoms with Gasteiger partial charge in [-0.2, -0.15) is 0 Å². The van der Waals surface area contributed by atoms with Crippen LogP contribution in [0.15, 0.2) is 48.2 Å². The van der Waals surface area contributed by atoms with Gasteiger partial charge in [-0.3, -0.25) is 4.79 Å². The second kappa shape index (κ2) is 4.97. The van der Waals surface area contributed by atoms with Gasteiger partial charge in [0.2, 0.25) is 5.78 Å². The van der Waals surface area contributed by atoms with Crippen LogP contribution in [-0.4, -0.2) is 5.78 Å². The topological polar surface area (TPSA) is 26.3 Å². The first-order chi connectivity index (χ1) is 9.67. The van der Waals surface area contributed by atoms with Gasteiger partial charge in [0, 0.05) is 0 Å². The normalized spacial score (nSPS) is 15.3. The van der Waals surface area contributed by atoms with Gasteiger partial charge in [-0.05, 0) is 42.7 Å². The fourth-order valence-electron chi connectivity index (χ4n) is 2.30. The third kappa shape index (κ3) is 2.25. The number of ketones is 1. The maximum Gasteiger partial charge on any atom is 0.231 e. The maximum atomic E-state index is 12.3. The first-order valence-electron chi connectivity index (χ1n) is 6.81. The van der Waals surface area contributed by atoms with E-state index in [0.29, 0.717) is 17.1 Å². The predicted octanol–water partition coefficient (Wildman–Crippen LogP) is 4.17. The van der Waals surface area contributed by atoms with Gasteiger partial charge in [0.05, 0.1) is 5.56 Å². The molecule has 1 aliphatic rings. The Balaban J connectivity index is 1.92. The lowest BCUT2D eigenvalue weighted by Crippen LogP contribution is -1.98. The molecule has 0 fully saturated rings. The van der Waals surface area contributed by atoms with Crippen LogP contribution in [0.25, 0.3) is 6.08 Å². The van der Waals surface area contributed by atoms with Gasteiger partial charge in [0.25, 0.3) is 0 Å². The molecule has 0 saturated carbocycles. The lowest BCUT2D eigenvalue weighted by Gasteiger charge is -2.00. The Morgan fingerprint density at radius 1 is 1.10 bits per heavy atom. The van der Waals surface area contributed by atoms with E-state index in [1.807, 2.05) is 37.3 Å². The van der Waals surface area contributed by atoms with Crippen LogP contribution in [0.3, 0.4) is 0 Å². The highest BCUT2D eigenvalue weighted by molar-refractivity contribution is 6.14. The predicted molar refractivity (Wildman–Crippen MR) is 79.9 cm³/mol. The van der Waals surface area contributed by atoms with E-state index < -0.39 is 0 Å². The molecule has 0 N–H and O–H groups in total. The Labute approximate surface area is 118 Å². The minimum atomic E-state index is -0.0386. The number of allylic oxidation sites excluding steroid dienone is 1. The van der Waals surface area contributed by atoms with Crippen LogP contribution >= 0.6 is 0 Å². The van der Waals surface area contributed by atoms with Crippen molar-refractivity contribution in [2.24, 2.45) is 0 Å². The van der Waals surface area contributed by atoms with Crippen molar-refractivity contribution in [2.45, 2.75) is 20.3 Å². The van der Waals surface area contributed by atoms with E-state index in [4.69, 9.17) is 4.74 Å². The number of carbonyl (C=O) groups excluding carboxylic acids is 1. The van der Waals surface area contributed by atoms with Crippen molar-refractivity contribution in [1.29, 1.82) is 0 Å². The summed E-state index contributed by atoms with van der Waals surface area (Å²) < 4.78 is 5.65. The van der Waals surface area contributed by atoms with Crippen LogP contribution in [-0.2, 0) is 6.42 Å². The van der Waals surface area contributed by atoms with E-state index in [9.17, 15) is 4.79 Å². The minimum Gasteiger partial charge on any atom is -0.452 e. The zero-order valence-electron chi connectivity index (χ0n) is 11.6. The van der Waals surface area contributed by atoms with Crippen LogP contribution in [0.1, 0.15) is 34.0 Å². The van der Waals surface area contributed by atoms with E-state index in [1.54, 1.807) is 6.08 Å². The molecule has 1 heterocycles. The smallest absolute Gasteiger partial charge is 0.231 e. The van der Waals surface area contributed by atoms with Crippen molar-refractivity contribution in [3.63, 3.8) is 0 Å². The number of benzene rings is 2. The van der Waals surface area contributed by atoms with Crippen molar-refractivity contribution < 1.29 is 9.53 Å². The molecule has 0 radical (unpaired) electrons. The van der Waals surface area contributed by atoms with Crippen LogP contribution in [0.5, 0.6) is 5.75 Å². The second-order valence-electron chi connectivity index (χ2n) is 5.03. The number of hydrogen-bond acceptors (Lipinski definition) is 2. The molecule has 0 aromatic heterocycles. The summed E-state index contributed by atoms with van der Waals surface area (Å²) in [4.78, 5) is 12.3. The molecular formula is C18H16O2. The fourth-order valence-corrected chi connectivity index (χ4v) is 2.30. The highest BCUT2D eigenvalue weighted by atomic mass is 16.5. The molecule has 2 aromatic carbocycles. The molecule has 0 bridgehead atoms. The second-order valence-corrected chi connectivity index (χ2v) is 5.03. The van der Waals surface area contributed by atoms with E-state index in [1.165, 1.54) is 5.56 Å². The molecule has 0 saturated heterocycles. The fraction of sp³-hybridized carbons (Fsp3) is 0.167. The molecule has 2 heteroatoms. The summed E-state index contributed by atoms with van der Waals surface area (Å²) in [6.45, 7) is 4.09. The number of aryl methyl sites for hydroxylation is 2. The van der Waals surface area contributed by atoms with Crippen LogP contribution < -0.4 is 4.74 Å². The Morgan fingerprint density at radius 3 is 2.55 bits per heavy atom. The van der Waals surface area contributed by atoms with Crippen molar-refractivity contribution in [1.82, 2.24) is 0 Å². The molecule has 100 valence electrons. The van der Waals surface area contributed by atoms with Gasteiger partial charge >= 0.3 is 0 Å². The SMILES string of the molecule is CCc1ccc(/C=C2\Oc3ccc(C)cc3C2=O)cc1. The summed E-state index contributed by atoms with van der Waals surface area (Å²) in [6, 6.07) is 13.8. The zero-order chi connectivity index (χ0) is 14.1. The number of hydrogen-bond donors (Lipinski definition) is 0. The molecular weight excluding hydrogens is 248 g/mol. The first-order valence-corrected chi connectivity index (χ1v) is 6.81. The number of ether oxygens (including phenoxy) is 1. The van der Waals surface area contributed by atoms with E-state index in [0.717, 1.165) is 17.5 Å². The van der Waals surface area contributed by atoms with E-state index in [-0.39, 0.29) is 5.78 Å². The van der Waals surface area contributed by atoms with Gasteiger partial charge in [-0.25, -0.2) is 0 Å². The molecule has 1 aliphatic heterocycles. The molecule has 2 aromatic rings. The number of fused-ring (bicyclic) bond motifs is 1. The van der Waals surface area contributed by atoms with Gasteiger partial charge in [0.15, 0.2) is 5.76 Å². The quantitative estimate of drug-likeness (QED) is 0.761. The highest BCUT2D eigenvalue weighted by Gasteiger charge is 2.26. The van der Waals surface area contributed by atoms with Crippen LogP contribution in [0.4, 0.5) is 0 Å². The molecule has 0 spiro atoms. The van der Waals surface area contributed by atoms with E-state index >= 15 is 0 Å². The van der Waals surface area contributed by atoms with E-state index in [2.05, 4.69) is 19.1 Å². The lowest BCUT2D eigenvalue weighted by atomic mass is 10.1.